The minimum Gasteiger partial charge on any atom is -0.780 e. The van der Waals surface area contributed by atoms with E-state index in [2.05, 4.69) is 20.8 Å². The number of benzene rings is 1. The van der Waals surface area contributed by atoms with Gasteiger partial charge in [0.2, 0.25) is 0 Å². The Balaban J connectivity index is 0. The zero-order chi connectivity index (χ0) is 11.7. The van der Waals surface area contributed by atoms with Gasteiger partial charge in [-0.05, 0) is 40.8 Å². The summed E-state index contributed by atoms with van der Waals surface area (Å²) in [6.07, 6.45) is 4.37. The molecule has 1 rings (SSSR count). The van der Waals surface area contributed by atoms with Crippen LogP contribution in [0.1, 0.15) is 20.8 Å². The maximum atomic E-state index is 5.38. The largest absolute Gasteiger partial charge is 0.780 e. The molecule has 1 nitrogen and oxygen atoms in total. The maximum absolute atomic E-state index is 5.38. The van der Waals surface area contributed by atoms with E-state index in [1.165, 1.54) is 18.5 Å². The molecule has 16 heavy (non-hydrogen) atoms. The van der Waals surface area contributed by atoms with E-state index >= 15 is 0 Å². The molecule has 1 aromatic carbocycles. The number of rotatable bonds is 3. The molecule has 0 aliphatic carbocycles. The van der Waals surface area contributed by atoms with Crippen molar-refractivity contribution in [2.45, 2.75) is 25.7 Å². The Kier molecular flexibility index (Phi) is 13.9. The molecule has 0 atom stereocenters. The fraction of sp³-hybridized carbons (Fsp3) is 0.500. The standard InChI is InChI=1S/C6H7NS.C6H15P.Au/c7-5-1-3-6(8)4-2-5;1-4-7(5-2)6-3;/h1-4,8H,7H2;4-6H2,1-3H3;. The summed E-state index contributed by atoms with van der Waals surface area (Å²) in [6.45, 7) is 6.92. The summed E-state index contributed by atoms with van der Waals surface area (Å²) in [5.74, 6) is 0. The summed E-state index contributed by atoms with van der Waals surface area (Å²) < 4.78 is 0. The topological polar surface area (TPSA) is 26.0 Å². The first-order chi connectivity index (χ1) is 7.13. The van der Waals surface area contributed by atoms with Gasteiger partial charge in [0.05, 0.1) is 18.5 Å². The van der Waals surface area contributed by atoms with Gasteiger partial charge in [-0.15, -0.1) is 0 Å². The summed E-state index contributed by atoms with van der Waals surface area (Å²) in [5.41, 5.74) is 6.14. The molecule has 2 N–H and O–H groups in total. The van der Waals surface area contributed by atoms with Crippen molar-refractivity contribution in [2.24, 2.45) is 0 Å². The van der Waals surface area contributed by atoms with E-state index in [4.69, 9.17) is 18.4 Å². The summed E-state index contributed by atoms with van der Waals surface area (Å²) in [5, 5.41) is 0. The van der Waals surface area contributed by atoms with E-state index in [0.29, 0.717) is 0 Å². The average Bonchev–Trinajstić information content (AvgIpc) is 2.26. The molecule has 0 unspecified atom stereocenters. The molecule has 1 aromatic rings. The van der Waals surface area contributed by atoms with E-state index in [0.717, 1.165) is 10.6 Å². The molecule has 0 amide bonds. The van der Waals surface area contributed by atoms with E-state index in [9.17, 15) is 0 Å². The fourth-order valence-corrected chi connectivity index (χ4v) is 2.85. The van der Waals surface area contributed by atoms with Crippen LogP contribution in [0, 0.1) is 0 Å². The molecule has 0 saturated carbocycles. The quantitative estimate of drug-likeness (QED) is 0.338. The van der Waals surface area contributed by atoms with Crippen molar-refractivity contribution < 1.29 is 22.4 Å². The first kappa shape index (κ1) is 18.8. The van der Waals surface area contributed by atoms with Crippen molar-refractivity contribution in [2.75, 3.05) is 24.2 Å². The van der Waals surface area contributed by atoms with Crippen molar-refractivity contribution in [1.82, 2.24) is 0 Å². The van der Waals surface area contributed by atoms with Gasteiger partial charge in [-0.2, -0.15) is 4.90 Å². The predicted octanol–water partition coefficient (Wildman–Crippen LogP) is 3.43. The molecule has 0 heterocycles. The van der Waals surface area contributed by atoms with Gasteiger partial charge in [0, 0.05) is 28.1 Å². The molecule has 0 spiro atoms. The van der Waals surface area contributed by atoms with Crippen LogP contribution < -0.4 is 5.73 Å². The third-order valence-electron chi connectivity index (χ3n) is 2.38. The van der Waals surface area contributed by atoms with Crippen LogP contribution in [-0.4, -0.2) is 18.5 Å². The zero-order valence-corrected chi connectivity index (χ0v) is 14.2. The minimum absolute atomic E-state index is 0. The van der Waals surface area contributed by atoms with Gasteiger partial charge in [-0.25, -0.2) is 0 Å². The second-order valence-corrected chi connectivity index (χ2v) is 7.47. The molecule has 0 fully saturated rings. The van der Waals surface area contributed by atoms with E-state index in [1.54, 1.807) is 12.1 Å². The van der Waals surface area contributed by atoms with Crippen LogP contribution in [0.2, 0.25) is 0 Å². The van der Waals surface area contributed by atoms with Crippen LogP contribution in [0.4, 0.5) is 5.69 Å². The first-order valence-corrected chi connectivity index (χ1v) is 8.03. The Bertz CT molecular complexity index is 223. The van der Waals surface area contributed by atoms with Crippen molar-refractivity contribution in [3.63, 3.8) is 0 Å². The number of anilines is 1. The van der Waals surface area contributed by atoms with Crippen LogP contribution in [0.5, 0.6) is 0 Å². The molecule has 0 bridgehead atoms. The van der Waals surface area contributed by atoms with Gasteiger partial charge in [-0.1, -0.05) is 12.1 Å². The molecule has 0 aliphatic heterocycles. The van der Waals surface area contributed by atoms with Gasteiger partial charge < -0.3 is 18.4 Å². The monoisotopic (exact) mass is 440 g/mol. The number of nitrogen functional groups attached to an aromatic ring is 1. The molecule has 97 valence electrons. The second kappa shape index (κ2) is 11.9. The Hall–Kier alpha value is 0.410. The molecular weight excluding hydrogens is 418 g/mol. The normalized spacial score (nSPS) is 9.00. The van der Waals surface area contributed by atoms with E-state index in [1.807, 2.05) is 12.1 Å². The van der Waals surface area contributed by atoms with Crippen LogP contribution in [0.25, 0.3) is 0 Å². The SMILES string of the molecule is CC[PH+](CC)CC.Nc1ccc([S-])cc1.[Au]. The number of nitrogens with two attached hydrogens (primary N) is 1. The molecule has 0 aliphatic rings. The van der Waals surface area contributed by atoms with Crippen LogP contribution in [0.3, 0.4) is 0 Å². The number of hydrogen-bond acceptors (Lipinski definition) is 2. The molecule has 4 heteroatoms. The molecule has 0 saturated heterocycles. The third-order valence-corrected chi connectivity index (χ3v) is 5.65. The van der Waals surface area contributed by atoms with Crippen LogP contribution >= 0.6 is 7.92 Å². The minimum atomic E-state index is 0. The van der Waals surface area contributed by atoms with Crippen molar-refractivity contribution in [3.05, 3.63) is 24.3 Å². The van der Waals surface area contributed by atoms with E-state index in [-0.39, 0.29) is 30.3 Å². The predicted molar refractivity (Wildman–Crippen MR) is 76.4 cm³/mol. The second-order valence-electron chi connectivity index (χ2n) is 3.38. The van der Waals surface area contributed by atoms with Crippen LogP contribution in [0.15, 0.2) is 29.2 Å². The summed E-state index contributed by atoms with van der Waals surface area (Å²) in [7, 11) is 0.137. The van der Waals surface area contributed by atoms with Gasteiger partial charge in [0.1, 0.15) is 0 Å². The Labute approximate surface area is 122 Å². The van der Waals surface area contributed by atoms with Gasteiger partial charge >= 0.3 is 0 Å². The number of hydrogen-bond donors (Lipinski definition) is 1. The summed E-state index contributed by atoms with van der Waals surface area (Å²) in [6, 6.07) is 7.21. The Morgan fingerprint density at radius 1 is 1.00 bits per heavy atom. The molecule has 1 radical (unpaired) electrons. The van der Waals surface area contributed by atoms with Gasteiger partial charge in [0.25, 0.3) is 0 Å². The Morgan fingerprint density at radius 2 is 1.38 bits per heavy atom. The van der Waals surface area contributed by atoms with E-state index < -0.39 is 0 Å². The van der Waals surface area contributed by atoms with Crippen molar-refractivity contribution in [3.8, 4) is 0 Å². The van der Waals surface area contributed by atoms with Crippen molar-refractivity contribution in [1.29, 1.82) is 0 Å². The average molecular weight is 440 g/mol. The van der Waals surface area contributed by atoms with Crippen molar-refractivity contribution >= 4 is 26.2 Å². The summed E-state index contributed by atoms with van der Waals surface area (Å²) >= 11 is 4.82. The smallest absolute Gasteiger partial charge is 0.0543 e. The maximum Gasteiger partial charge on any atom is 0.0543 e. The van der Waals surface area contributed by atoms with Gasteiger partial charge in [0.15, 0.2) is 0 Å². The van der Waals surface area contributed by atoms with Crippen LogP contribution in [-0.2, 0) is 35.0 Å². The third kappa shape index (κ3) is 9.62. The fourth-order valence-electron chi connectivity index (χ4n) is 1.22. The van der Waals surface area contributed by atoms with Gasteiger partial charge in [-0.3, -0.25) is 0 Å². The molecule has 0 aromatic heterocycles. The molecular formula is C12H22AuNPS. The summed E-state index contributed by atoms with van der Waals surface area (Å²) in [4.78, 5) is 0.833. The first-order valence-electron chi connectivity index (χ1n) is 5.50. The Morgan fingerprint density at radius 3 is 1.56 bits per heavy atom. The zero-order valence-electron chi connectivity index (χ0n) is 10.2.